The molecule has 1 fully saturated rings. The molecule has 8 heteroatoms. The van der Waals surface area contributed by atoms with E-state index >= 15 is 0 Å². The minimum Gasteiger partial charge on any atom is -0.325 e. The number of nitrogens with zero attached hydrogens (tertiary/aromatic N) is 5. The average Bonchev–Trinajstić information content (AvgIpc) is 3.12. The van der Waals surface area contributed by atoms with Gasteiger partial charge in [-0.05, 0) is 63.4 Å². The van der Waals surface area contributed by atoms with E-state index in [4.69, 9.17) is 0 Å². The van der Waals surface area contributed by atoms with Crippen molar-refractivity contribution < 1.29 is 9.59 Å². The van der Waals surface area contributed by atoms with Crippen LogP contribution in [0.5, 0.6) is 0 Å². The highest BCUT2D eigenvalue weighted by Crippen LogP contribution is 2.22. The number of aromatic nitrogens is 4. The van der Waals surface area contributed by atoms with E-state index in [1.54, 1.807) is 4.90 Å². The Labute approximate surface area is 175 Å². The van der Waals surface area contributed by atoms with E-state index in [-0.39, 0.29) is 17.5 Å². The Kier molecular flexibility index (Phi) is 5.56. The average molecular weight is 404 g/mol. The molecule has 1 N–H and O–H groups in total. The zero-order valence-electron chi connectivity index (χ0n) is 17.1. The maximum absolute atomic E-state index is 13.0. The summed E-state index contributed by atoms with van der Waals surface area (Å²) in [5.74, 6) is -0.450. The lowest BCUT2D eigenvalue weighted by atomic mass is 10.0. The molecule has 3 aromatic rings. The first-order valence-electron chi connectivity index (χ1n) is 10.0. The largest absolute Gasteiger partial charge is 0.325 e. The minimum absolute atomic E-state index is 0.189. The van der Waals surface area contributed by atoms with Crippen LogP contribution in [0.25, 0.3) is 5.69 Å². The molecule has 30 heavy (non-hydrogen) atoms. The fourth-order valence-corrected chi connectivity index (χ4v) is 3.81. The summed E-state index contributed by atoms with van der Waals surface area (Å²) in [6.07, 6.45) is 6.83. The van der Waals surface area contributed by atoms with E-state index in [9.17, 15) is 9.59 Å². The van der Waals surface area contributed by atoms with E-state index in [1.807, 2.05) is 48.9 Å². The summed E-state index contributed by atoms with van der Waals surface area (Å²) in [5.41, 5.74) is 3.87. The number of benzene rings is 1. The molecule has 2 amide bonds. The third-order valence-corrected chi connectivity index (χ3v) is 5.24. The first-order valence-corrected chi connectivity index (χ1v) is 10.0. The van der Waals surface area contributed by atoms with Gasteiger partial charge in [0.15, 0.2) is 0 Å². The molecule has 1 aromatic carbocycles. The standard InChI is InChI=1S/C22H24N6O2/c1-15-13-16(2)28(26-15)18-8-6-17(7-9-18)25-21(29)20-5-3-4-12-27(20)22(30)19-14-23-10-11-24-19/h6-11,13-14,20H,3-5,12H2,1-2H3,(H,25,29)/t20-/m1/s1. The smallest absolute Gasteiger partial charge is 0.274 e. The molecule has 0 radical (unpaired) electrons. The molecule has 1 saturated heterocycles. The molecule has 1 atom stereocenters. The second-order valence-corrected chi connectivity index (χ2v) is 7.48. The summed E-state index contributed by atoms with van der Waals surface area (Å²) in [6, 6.07) is 9.02. The van der Waals surface area contributed by atoms with Gasteiger partial charge in [0.05, 0.1) is 17.6 Å². The highest BCUT2D eigenvalue weighted by Gasteiger charge is 2.33. The summed E-state index contributed by atoms with van der Waals surface area (Å²) in [4.78, 5) is 35.5. The third-order valence-electron chi connectivity index (χ3n) is 5.24. The number of nitrogens with one attached hydrogen (secondary N) is 1. The van der Waals surface area contributed by atoms with Crippen LogP contribution >= 0.6 is 0 Å². The van der Waals surface area contributed by atoms with Gasteiger partial charge < -0.3 is 10.2 Å². The van der Waals surface area contributed by atoms with Crippen molar-refractivity contribution in [3.8, 4) is 5.69 Å². The third kappa shape index (κ3) is 4.07. The van der Waals surface area contributed by atoms with Gasteiger partial charge in [-0.3, -0.25) is 14.6 Å². The fraction of sp³-hybridized carbons (Fsp3) is 0.318. The summed E-state index contributed by atoms with van der Waals surface area (Å²) in [5, 5.41) is 7.42. The number of piperidine rings is 1. The summed E-state index contributed by atoms with van der Waals surface area (Å²) >= 11 is 0. The molecule has 0 spiro atoms. The van der Waals surface area contributed by atoms with Crippen LogP contribution in [0.3, 0.4) is 0 Å². The lowest BCUT2D eigenvalue weighted by molar-refractivity contribution is -0.121. The number of likely N-dealkylation sites (tertiary alicyclic amines) is 1. The Bertz CT molecular complexity index is 1050. The van der Waals surface area contributed by atoms with E-state index in [0.717, 1.165) is 29.9 Å². The molecule has 4 rings (SSSR count). The fourth-order valence-electron chi connectivity index (χ4n) is 3.81. The van der Waals surface area contributed by atoms with Gasteiger partial charge >= 0.3 is 0 Å². The van der Waals surface area contributed by atoms with Crippen LogP contribution in [0.2, 0.25) is 0 Å². The molecule has 8 nitrogen and oxygen atoms in total. The molecule has 154 valence electrons. The highest BCUT2D eigenvalue weighted by atomic mass is 16.2. The van der Waals surface area contributed by atoms with Gasteiger partial charge in [-0.2, -0.15) is 5.10 Å². The van der Waals surface area contributed by atoms with E-state index in [0.29, 0.717) is 18.7 Å². The molecule has 0 bridgehead atoms. The summed E-state index contributed by atoms with van der Waals surface area (Å²) in [6.45, 7) is 4.49. The lowest BCUT2D eigenvalue weighted by Gasteiger charge is -2.34. The van der Waals surface area contributed by atoms with Crippen LogP contribution in [0, 0.1) is 13.8 Å². The summed E-state index contributed by atoms with van der Waals surface area (Å²) in [7, 11) is 0. The van der Waals surface area contributed by atoms with Crippen molar-refractivity contribution in [3.63, 3.8) is 0 Å². The Balaban J connectivity index is 1.48. The predicted octanol–water partition coefficient (Wildman–Crippen LogP) is 2.91. The molecule has 0 aliphatic carbocycles. The number of hydrogen-bond donors (Lipinski definition) is 1. The molecule has 1 aliphatic rings. The number of aryl methyl sites for hydroxylation is 2. The van der Waals surface area contributed by atoms with Crippen molar-refractivity contribution >= 4 is 17.5 Å². The highest BCUT2D eigenvalue weighted by molar-refractivity contribution is 6.00. The first-order chi connectivity index (χ1) is 14.5. The molecule has 1 aliphatic heterocycles. The van der Waals surface area contributed by atoms with Gasteiger partial charge in [0.2, 0.25) is 5.91 Å². The maximum Gasteiger partial charge on any atom is 0.274 e. The second kappa shape index (κ2) is 8.44. The predicted molar refractivity (Wildman–Crippen MR) is 112 cm³/mol. The van der Waals surface area contributed by atoms with Gasteiger partial charge in [-0.15, -0.1) is 0 Å². The number of carbonyl (C=O) groups is 2. The molecule has 3 heterocycles. The number of rotatable bonds is 4. The lowest BCUT2D eigenvalue weighted by Crippen LogP contribution is -2.50. The molecular weight excluding hydrogens is 380 g/mol. The van der Waals surface area contributed by atoms with Crippen LogP contribution in [0.15, 0.2) is 48.9 Å². The van der Waals surface area contributed by atoms with Crippen molar-refractivity contribution in [2.24, 2.45) is 0 Å². The van der Waals surface area contributed by atoms with Crippen LogP contribution < -0.4 is 5.32 Å². The van der Waals surface area contributed by atoms with Gasteiger partial charge in [-0.1, -0.05) is 0 Å². The Morgan fingerprint density at radius 1 is 1.10 bits per heavy atom. The van der Waals surface area contributed by atoms with E-state index in [2.05, 4.69) is 20.4 Å². The molecule has 2 aromatic heterocycles. The zero-order valence-corrected chi connectivity index (χ0v) is 17.1. The normalized spacial score (nSPS) is 16.3. The molecular formula is C22H24N6O2. The summed E-state index contributed by atoms with van der Waals surface area (Å²) < 4.78 is 1.86. The minimum atomic E-state index is -0.524. The van der Waals surface area contributed by atoms with Crippen LogP contribution in [-0.4, -0.2) is 49.0 Å². The van der Waals surface area contributed by atoms with Crippen LogP contribution in [-0.2, 0) is 4.79 Å². The number of carbonyl (C=O) groups excluding carboxylic acids is 2. The first kappa shape index (κ1) is 19.8. The van der Waals surface area contributed by atoms with E-state index < -0.39 is 6.04 Å². The van der Waals surface area contributed by atoms with Crippen LogP contribution in [0.4, 0.5) is 5.69 Å². The Hall–Kier alpha value is -3.55. The second-order valence-electron chi connectivity index (χ2n) is 7.48. The van der Waals surface area contributed by atoms with Gasteiger partial charge in [0.1, 0.15) is 11.7 Å². The van der Waals surface area contributed by atoms with Gasteiger partial charge in [0.25, 0.3) is 5.91 Å². The van der Waals surface area contributed by atoms with Crippen LogP contribution in [0.1, 0.15) is 41.1 Å². The molecule has 0 unspecified atom stereocenters. The topological polar surface area (TPSA) is 93.0 Å². The number of hydrogen-bond acceptors (Lipinski definition) is 5. The van der Waals surface area contributed by atoms with Gasteiger partial charge in [0, 0.05) is 30.3 Å². The number of anilines is 1. The quantitative estimate of drug-likeness (QED) is 0.722. The van der Waals surface area contributed by atoms with Crippen molar-refractivity contribution in [3.05, 3.63) is 66.0 Å². The van der Waals surface area contributed by atoms with Crippen molar-refractivity contribution in [2.45, 2.75) is 39.2 Å². The zero-order chi connectivity index (χ0) is 21.1. The van der Waals surface area contributed by atoms with E-state index in [1.165, 1.54) is 18.6 Å². The monoisotopic (exact) mass is 404 g/mol. The maximum atomic E-state index is 13.0. The van der Waals surface area contributed by atoms with Crippen molar-refractivity contribution in [1.29, 1.82) is 0 Å². The Morgan fingerprint density at radius 2 is 1.90 bits per heavy atom. The number of amides is 2. The SMILES string of the molecule is Cc1cc(C)n(-c2ccc(NC(=O)[C@H]3CCCCN3C(=O)c3cnccn3)cc2)n1. The Morgan fingerprint density at radius 3 is 2.57 bits per heavy atom. The van der Waals surface area contributed by atoms with Crippen molar-refractivity contribution in [2.75, 3.05) is 11.9 Å². The van der Waals surface area contributed by atoms with Gasteiger partial charge in [-0.25, -0.2) is 9.67 Å². The molecule has 0 saturated carbocycles. The van der Waals surface area contributed by atoms with Crippen molar-refractivity contribution in [1.82, 2.24) is 24.6 Å².